The van der Waals surface area contributed by atoms with Crippen molar-refractivity contribution in [1.82, 2.24) is 29.1 Å². The van der Waals surface area contributed by atoms with Gasteiger partial charge < -0.3 is 40.5 Å². The summed E-state index contributed by atoms with van der Waals surface area (Å²) in [6.07, 6.45) is -7.44. The summed E-state index contributed by atoms with van der Waals surface area (Å²) in [6, 6.07) is 0.926. The van der Waals surface area contributed by atoms with E-state index in [-0.39, 0.29) is 17.1 Å². The number of aromatic amines is 2. The summed E-state index contributed by atoms with van der Waals surface area (Å²) >= 11 is 0. The van der Waals surface area contributed by atoms with E-state index in [2.05, 4.69) is 15.0 Å². The molecule has 0 aliphatic carbocycles. The number of anilines is 1. The molecule has 2 saturated heterocycles. The third-order valence-corrected chi connectivity index (χ3v) is 7.35. The fourth-order valence-electron chi connectivity index (χ4n) is 4.46. The Hall–Kier alpha value is -3.30. The summed E-state index contributed by atoms with van der Waals surface area (Å²) in [6.45, 7) is -1.59. The van der Waals surface area contributed by atoms with Crippen LogP contribution in [0.4, 0.5) is 5.95 Å². The van der Waals surface area contributed by atoms with Crippen LogP contribution in [0.3, 0.4) is 0 Å². The first-order valence-electron chi connectivity index (χ1n) is 11.5. The van der Waals surface area contributed by atoms with Crippen LogP contribution >= 0.6 is 7.82 Å². The Kier molecular flexibility index (Phi) is 7.25. The highest BCUT2D eigenvalue weighted by atomic mass is 31.2. The van der Waals surface area contributed by atoms with Gasteiger partial charge in [-0.2, -0.15) is 4.98 Å². The SMILES string of the molecule is Nc1nc2c(ncn2C2OC(COP(=O)(O)OC3CC(O)(n4ccc(=O)[nH]c4=O)OC3CO)C(O)C2O)c(=O)[nH]1. The van der Waals surface area contributed by atoms with Gasteiger partial charge in [0.15, 0.2) is 17.4 Å². The molecular weight excluding hydrogens is 565 g/mol. The van der Waals surface area contributed by atoms with Crippen LogP contribution < -0.4 is 22.5 Å². The van der Waals surface area contributed by atoms with Crippen molar-refractivity contribution in [1.29, 1.82) is 0 Å². The predicted octanol–water partition coefficient (Wildman–Crippen LogP) is -4.24. The van der Waals surface area contributed by atoms with E-state index < -0.39 is 86.9 Å². The summed E-state index contributed by atoms with van der Waals surface area (Å²) in [5.41, 5.74) is 2.94. The van der Waals surface area contributed by atoms with Crippen molar-refractivity contribution < 1.29 is 48.4 Å². The van der Waals surface area contributed by atoms with Crippen molar-refractivity contribution in [2.24, 2.45) is 0 Å². The number of rotatable bonds is 8. The average molecular weight is 589 g/mol. The molecule has 0 amide bonds. The number of nitrogens with zero attached hydrogens (tertiary/aromatic N) is 4. The normalized spacial score (nSPS) is 32.0. The molecule has 218 valence electrons. The molecule has 21 heteroatoms. The zero-order chi connectivity index (χ0) is 29.0. The molecule has 0 spiro atoms. The molecule has 2 aliphatic rings. The first kappa shape index (κ1) is 28.2. The molecule has 0 bridgehead atoms. The van der Waals surface area contributed by atoms with Gasteiger partial charge in [-0.1, -0.05) is 0 Å². The van der Waals surface area contributed by atoms with E-state index in [0.717, 1.165) is 23.2 Å². The van der Waals surface area contributed by atoms with Crippen LogP contribution in [0.2, 0.25) is 0 Å². The Morgan fingerprint density at radius 2 is 1.98 bits per heavy atom. The minimum absolute atomic E-state index is 0.0550. The van der Waals surface area contributed by atoms with E-state index in [1.807, 2.05) is 4.98 Å². The Morgan fingerprint density at radius 3 is 2.67 bits per heavy atom. The predicted molar refractivity (Wildman–Crippen MR) is 127 cm³/mol. The van der Waals surface area contributed by atoms with Crippen LogP contribution in [-0.4, -0.2) is 98.1 Å². The Balaban J connectivity index is 1.27. The van der Waals surface area contributed by atoms with E-state index in [9.17, 15) is 44.3 Å². The van der Waals surface area contributed by atoms with E-state index in [0.29, 0.717) is 4.57 Å². The minimum atomic E-state index is -5.00. The largest absolute Gasteiger partial charge is 0.472 e. The smallest absolute Gasteiger partial charge is 0.394 e. The first-order valence-corrected chi connectivity index (χ1v) is 13.0. The van der Waals surface area contributed by atoms with E-state index >= 15 is 0 Å². The third kappa shape index (κ3) is 5.12. The molecule has 5 rings (SSSR count). The van der Waals surface area contributed by atoms with Crippen LogP contribution in [0.25, 0.3) is 11.2 Å². The fourth-order valence-corrected chi connectivity index (χ4v) is 5.41. The van der Waals surface area contributed by atoms with Gasteiger partial charge in [0, 0.05) is 12.3 Å². The molecule has 8 unspecified atom stereocenters. The second-order valence-electron chi connectivity index (χ2n) is 9.00. The number of aromatic nitrogens is 6. The number of fused-ring (bicyclic) bond motifs is 1. The molecule has 8 atom stereocenters. The molecule has 9 N–H and O–H groups in total. The van der Waals surface area contributed by atoms with Gasteiger partial charge in [0.05, 0.1) is 26.0 Å². The van der Waals surface area contributed by atoms with Gasteiger partial charge in [-0.25, -0.2) is 18.9 Å². The number of phosphoric acid groups is 1. The van der Waals surface area contributed by atoms with Crippen molar-refractivity contribution in [3.8, 4) is 0 Å². The van der Waals surface area contributed by atoms with Gasteiger partial charge in [0.1, 0.15) is 30.5 Å². The lowest BCUT2D eigenvalue weighted by molar-refractivity contribution is -0.258. The fraction of sp³-hybridized carbons (Fsp3) is 0.526. The number of aliphatic hydroxyl groups excluding tert-OH is 3. The molecule has 0 saturated carbocycles. The van der Waals surface area contributed by atoms with Crippen molar-refractivity contribution in [3.63, 3.8) is 0 Å². The minimum Gasteiger partial charge on any atom is -0.394 e. The number of aliphatic hydroxyl groups is 4. The zero-order valence-electron chi connectivity index (χ0n) is 20.1. The molecule has 3 aromatic rings. The number of ether oxygens (including phenoxy) is 2. The number of hydrogen-bond donors (Lipinski definition) is 8. The van der Waals surface area contributed by atoms with Gasteiger partial charge >= 0.3 is 13.5 Å². The van der Waals surface area contributed by atoms with Crippen LogP contribution in [0.15, 0.2) is 33.0 Å². The number of phosphoric ester groups is 1. The summed E-state index contributed by atoms with van der Waals surface area (Å²) in [5, 5.41) is 41.4. The van der Waals surface area contributed by atoms with Gasteiger partial charge in [-0.3, -0.25) is 33.2 Å². The van der Waals surface area contributed by atoms with Crippen LogP contribution in [0.1, 0.15) is 12.6 Å². The van der Waals surface area contributed by atoms with Crippen molar-refractivity contribution in [2.75, 3.05) is 18.9 Å². The Morgan fingerprint density at radius 1 is 1.23 bits per heavy atom. The lowest BCUT2D eigenvalue weighted by Crippen LogP contribution is -2.44. The second kappa shape index (κ2) is 10.3. The third-order valence-electron chi connectivity index (χ3n) is 6.33. The molecule has 5 heterocycles. The Labute approximate surface area is 220 Å². The summed E-state index contributed by atoms with van der Waals surface area (Å²) in [7, 11) is -5.00. The maximum absolute atomic E-state index is 12.7. The lowest BCUT2D eigenvalue weighted by Gasteiger charge is -2.24. The quantitative estimate of drug-likeness (QED) is 0.115. The summed E-state index contributed by atoms with van der Waals surface area (Å²) in [5.74, 6) is -2.69. The maximum atomic E-state index is 12.7. The first-order chi connectivity index (χ1) is 18.8. The van der Waals surface area contributed by atoms with Crippen LogP contribution in [0, 0.1) is 0 Å². The van der Waals surface area contributed by atoms with E-state index in [1.165, 1.54) is 0 Å². The lowest BCUT2D eigenvalue weighted by atomic mass is 10.1. The van der Waals surface area contributed by atoms with E-state index in [4.69, 9.17) is 24.3 Å². The summed E-state index contributed by atoms with van der Waals surface area (Å²) < 4.78 is 35.3. The molecule has 40 heavy (non-hydrogen) atoms. The average Bonchev–Trinajstić information content (AvgIpc) is 3.52. The van der Waals surface area contributed by atoms with Crippen molar-refractivity contribution in [3.05, 3.63) is 49.8 Å². The zero-order valence-corrected chi connectivity index (χ0v) is 21.0. The standard InChI is InChI=1S/C19H24N7O13P/c20-17-23-14-11(15(31)24-17)21-6-25(14)16-13(30)12(29)9(37-16)5-36-40(34,35)39-7-3-19(33,38-8(7)4-27)26-2-1-10(28)22-18(26)32/h1-2,6-9,12-13,16,27,29-30,33H,3-5H2,(H,34,35)(H,22,28,32)(H3,20,23,24,31). The molecule has 0 radical (unpaired) electrons. The highest BCUT2D eigenvalue weighted by Gasteiger charge is 2.51. The highest BCUT2D eigenvalue weighted by Crippen LogP contribution is 2.49. The second-order valence-corrected chi connectivity index (χ2v) is 10.4. The van der Waals surface area contributed by atoms with Crippen molar-refractivity contribution in [2.45, 2.75) is 49.1 Å². The van der Waals surface area contributed by atoms with Gasteiger partial charge in [-0.05, 0) is 0 Å². The number of nitrogen functional groups attached to an aromatic ring is 1. The summed E-state index contributed by atoms with van der Waals surface area (Å²) in [4.78, 5) is 57.7. The molecule has 2 fully saturated rings. The van der Waals surface area contributed by atoms with Crippen LogP contribution in [0.5, 0.6) is 0 Å². The number of nitrogens with one attached hydrogen (secondary N) is 2. The topological polar surface area (TPSA) is 300 Å². The molecule has 2 aliphatic heterocycles. The van der Waals surface area contributed by atoms with Crippen LogP contribution in [-0.2, 0) is 29.0 Å². The molecule has 0 aromatic carbocycles. The molecular formula is C19H24N7O13P. The van der Waals surface area contributed by atoms with Gasteiger partial charge in [0.2, 0.25) is 5.95 Å². The van der Waals surface area contributed by atoms with Gasteiger partial charge in [0.25, 0.3) is 17.0 Å². The number of H-pyrrole nitrogens is 2. The number of imidazole rings is 1. The van der Waals surface area contributed by atoms with E-state index in [1.54, 1.807) is 0 Å². The highest BCUT2D eigenvalue weighted by molar-refractivity contribution is 7.47. The maximum Gasteiger partial charge on any atom is 0.472 e. The Bertz CT molecular complexity index is 1640. The molecule has 20 nitrogen and oxygen atoms in total. The monoisotopic (exact) mass is 589 g/mol. The van der Waals surface area contributed by atoms with Crippen molar-refractivity contribution >= 4 is 24.9 Å². The molecule has 3 aromatic heterocycles. The number of hydrogen-bond acceptors (Lipinski definition) is 15. The number of nitrogens with two attached hydrogens (primary N) is 1. The van der Waals surface area contributed by atoms with Gasteiger partial charge in [-0.15, -0.1) is 0 Å².